The minimum atomic E-state index is -0.302. The predicted octanol–water partition coefficient (Wildman–Crippen LogP) is 3.88. The Labute approximate surface area is 166 Å². The quantitative estimate of drug-likeness (QED) is 0.558. The van der Waals surface area contributed by atoms with E-state index in [1.54, 1.807) is 6.07 Å². The van der Waals surface area contributed by atoms with Crippen LogP contribution in [0.2, 0.25) is 0 Å². The van der Waals surface area contributed by atoms with Crippen molar-refractivity contribution in [2.24, 2.45) is 0 Å². The van der Waals surface area contributed by atoms with Crippen LogP contribution in [0.4, 0.5) is 4.39 Å². The number of aryl methyl sites for hydroxylation is 1. The number of H-pyrrole nitrogens is 1. The van der Waals surface area contributed by atoms with E-state index >= 15 is 0 Å². The Morgan fingerprint density at radius 1 is 1.14 bits per heavy atom. The molecule has 7 heteroatoms. The SMILES string of the molecule is O=c1[nH]c2ccccc2n1CCCN1CCC(c2noc3cc(F)ccc23)CC1. The van der Waals surface area contributed by atoms with Crippen molar-refractivity contribution in [2.75, 3.05) is 19.6 Å². The van der Waals surface area contributed by atoms with E-state index < -0.39 is 0 Å². The third-order valence-corrected chi connectivity index (χ3v) is 5.97. The average molecular weight is 394 g/mol. The van der Waals surface area contributed by atoms with Gasteiger partial charge in [-0.1, -0.05) is 17.3 Å². The Hall–Kier alpha value is -2.93. The zero-order valence-corrected chi connectivity index (χ0v) is 16.1. The highest BCUT2D eigenvalue weighted by Crippen LogP contribution is 2.32. The zero-order valence-electron chi connectivity index (χ0n) is 16.1. The van der Waals surface area contributed by atoms with Crippen molar-refractivity contribution in [3.05, 3.63) is 64.5 Å². The topological polar surface area (TPSA) is 67.1 Å². The summed E-state index contributed by atoms with van der Waals surface area (Å²) in [5.41, 5.74) is 3.28. The molecule has 29 heavy (non-hydrogen) atoms. The number of halogens is 1. The summed E-state index contributed by atoms with van der Waals surface area (Å²) in [6.07, 6.45) is 2.94. The second kappa shape index (κ2) is 7.48. The lowest BCUT2D eigenvalue weighted by molar-refractivity contribution is 0.204. The molecular formula is C22H23FN4O2. The van der Waals surface area contributed by atoms with Gasteiger partial charge in [0.05, 0.1) is 16.7 Å². The molecule has 2 aromatic heterocycles. The molecule has 1 N–H and O–H groups in total. The van der Waals surface area contributed by atoms with Crippen molar-refractivity contribution >= 4 is 22.0 Å². The molecule has 0 saturated carbocycles. The number of hydrogen-bond acceptors (Lipinski definition) is 4. The first-order valence-corrected chi connectivity index (χ1v) is 10.1. The summed E-state index contributed by atoms with van der Waals surface area (Å²) in [6, 6.07) is 12.4. The van der Waals surface area contributed by atoms with Crippen LogP contribution in [0.1, 0.15) is 30.9 Å². The number of imidazole rings is 1. The van der Waals surface area contributed by atoms with Crippen LogP contribution in [0.5, 0.6) is 0 Å². The van der Waals surface area contributed by atoms with Crippen molar-refractivity contribution in [2.45, 2.75) is 31.7 Å². The highest BCUT2D eigenvalue weighted by atomic mass is 19.1. The standard InChI is InChI=1S/C22H23FN4O2/c23-16-6-7-17-20(14-16)29-25-21(17)15-8-12-26(13-9-15)10-3-11-27-19-5-2-1-4-18(19)24-22(27)28/h1-2,4-7,14-15H,3,8-13H2,(H,24,28). The molecule has 2 aromatic carbocycles. The maximum Gasteiger partial charge on any atom is 0.326 e. The van der Waals surface area contributed by atoms with Crippen molar-refractivity contribution in [3.63, 3.8) is 0 Å². The van der Waals surface area contributed by atoms with Gasteiger partial charge in [0, 0.05) is 23.9 Å². The van der Waals surface area contributed by atoms with E-state index in [1.165, 1.54) is 12.1 Å². The minimum Gasteiger partial charge on any atom is -0.356 e. The largest absolute Gasteiger partial charge is 0.356 e. The van der Waals surface area contributed by atoms with Crippen LogP contribution < -0.4 is 5.69 Å². The number of rotatable bonds is 5. The molecule has 6 nitrogen and oxygen atoms in total. The minimum absolute atomic E-state index is 0.0424. The lowest BCUT2D eigenvalue weighted by Crippen LogP contribution is -2.34. The lowest BCUT2D eigenvalue weighted by Gasteiger charge is -2.31. The van der Waals surface area contributed by atoms with Crippen LogP contribution in [-0.4, -0.2) is 39.2 Å². The van der Waals surface area contributed by atoms with Gasteiger partial charge in [0.25, 0.3) is 0 Å². The molecule has 0 amide bonds. The van der Waals surface area contributed by atoms with Crippen molar-refractivity contribution < 1.29 is 8.91 Å². The lowest BCUT2D eigenvalue weighted by atomic mass is 9.91. The van der Waals surface area contributed by atoms with Gasteiger partial charge in [-0.05, 0) is 63.2 Å². The van der Waals surface area contributed by atoms with Gasteiger partial charge in [-0.2, -0.15) is 0 Å². The van der Waals surface area contributed by atoms with Gasteiger partial charge >= 0.3 is 5.69 Å². The number of nitrogens with one attached hydrogen (secondary N) is 1. The molecule has 150 valence electrons. The predicted molar refractivity (Wildman–Crippen MR) is 110 cm³/mol. The second-order valence-electron chi connectivity index (χ2n) is 7.78. The van der Waals surface area contributed by atoms with Gasteiger partial charge in [-0.25, -0.2) is 9.18 Å². The molecule has 4 aromatic rings. The molecule has 1 fully saturated rings. The third-order valence-electron chi connectivity index (χ3n) is 5.97. The molecule has 3 heterocycles. The molecule has 1 aliphatic rings. The monoisotopic (exact) mass is 394 g/mol. The molecular weight excluding hydrogens is 371 g/mol. The summed E-state index contributed by atoms with van der Waals surface area (Å²) in [6.45, 7) is 3.65. The maximum absolute atomic E-state index is 13.4. The molecule has 0 spiro atoms. The Morgan fingerprint density at radius 2 is 1.97 bits per heavy atom. The van der Waals surface area contributed by atoms with Crippen molar-refractivity contribution in [3.8, 4) is 0 Å². The number of aromatic nitrogens is 3. The molecule has 0 aliphatic carbocycles. The fraction of sp³-hybridized carbons (Fsp3) is 0.364. The number of likely N-dealkylation sites (tertiary alicyclic amines) is 1. The first-order valence-electron chi connectivity index (χ1n) is 10.1. The summed E-state index contributed by atoms with van der Waals surface area (Å²) >= 11 is 0. The summed E-state index contributed by atoms with van der Waals surface area (Å²) in [7, 11) is 0. The highest BCUT2D eigenvalue weighted by Gasteiger charge is 2.25. The molecule has 0 bridgehead atoms. The molecule has 1 aliphatic heterocycles. The van der Waals surface area contributed by atoms with Gasteiger partial charge < -0.3 is 14.4 Å². The number of para-hydroxylation sites is 2. The zero-order chi connectivity index (χ0) is 19.8. The van der Waals surface area contributed by atoms with E-state index in [1.807, 2.05) is 28.8 Å². The number of benzene rings is 2. The number of nitrogens with zero attached hydrogens (tertiary/aromatic N) is 3. The van der Waals surface area contributed by atoms with Crippen LogP contribution in [0.25, 0.3) is 22.0 Å². The fourth-order valence-corrected chi connectivity index (χ4v) is 4.44. The van der Waals surface area contributed by atoms with E-state index in [4.69, 9.17) is 4.52 Å². The maximum atomic E-state index is 13.4. The van der Waals surface area contributed by atoms with Gasteiger partial charge in [0.2, 0.25) is 0 Å². The number of hydrogen-bond donors (Lipinski definition) is 1. The third kappa shape index (κ3) is 3.46. The van der Waals surface area contributed by atoms with Gasteiger partial charge in [-0.3, -0.25) is 4.57 Å². The molecule has 1 saturated heterocycles. The Balaban J connectivity index is 1.18. The average Bonchev–Trinajstić information content (AvgIpc) is 3.29. The second-order valence-corrected chi connectivity index (χ2v) is 7.78. The number of aromatic amines is 1. The van der Waals surface area contributed by atoms with Crippen LogP contribution >= 0.6 is 0 Å². The van der Waals surface area contributed by atoms with E-state index in [0.717, 1.165) is 61.0 Å². The molecule has 5 rings (SSSR count). The van der Waals surface area contributed by atoms with E-state index in [9.17, 15) is 9.18 Å². The van der Waals surface area contributed by atoms with Gasteiger partial charge in [-0.15, -0.1) is 0 Å². The molecule has 0 unspecified atom stereocenters. The molecule has 0 radical (unpaired) electrons. The Morgan fingerprint density at radius 3 is 2.83 bits per heavy atom. The smallest absolute Gasteiger partial charge is 0.326 e. The summed E-state index contributed by atoms with van der Waals surface area (Å²) in [4.78, 5) is 17.5. The van der Waals surface area contributed by atoms with E-state index in [-0.39, 0.29) is 11.5 Å². The molecule has 0 atom stereocenters. The highest BCUT2D eigenvalue weighted by molar-refractivity contribution is 5.80. The van der Waals surface area contributed by atoms with Gasteiger partial charge in [0.15, 0.2) is 5.58 Å². The van der Waals surface area contributed by atoms with Gasteiger partial charge in [0.1, 0.15) is 5.82 Å². The summed E-state index contributed by atoms with van der Waals surface area (Å²) in [5.74, 6) is 0.0403. The van der Waals surface area contributed by atoms with E-state index in [0.29, 0.717) is 18.0 Å². The van der Waals surface area contributed by atoms with Crippen molar-refractivity contribution in [1.29, 1.82) is 0 Å². The van der Waals surface area contributed by atoms with Crippen molar-refractivity contribution in [1.82, 2.24) is 19.6 Å². The van der Waals surface area contributed by atoms with Crippen LogP contribution in [0.3, 0.4) is 0 Å². The fourth-order valence-electron chi connectivity index (χ4n) is 4.44. The Kier molecular flexibility index (Phi) is 4.67. The first kappa shape index (κ1) is 18.1. The normalized spacial score (nSPS) is 16.2. The van der Waals surface area contributed by atoms with Crippen LogP contribution in [0.15, 0.2) is 51.8 Å². The Bertz CT molecular complexity index is 1200. The van der Waals surface area contributed by atoms with E-state index in [2.05, 4.69) is 15.0 Å². The van der Waals surface area contributed by atoms with Crippen LogP contribution in [-0.2, 0) is 6.54 Å². The number of fused-ring (bicyclic) bond motifs is 2. The summed E-state index contributed by atoms with van der Waals surface area (Å²) < 4.78 is 20.5. The van der Waals surface area contributed by atoms with Crippen LogP contribution in [0, 0.1) is 5.82 Å². The number of piperidine rings is 1. The first-order chi connectivity index (χ1) is 14.2. The summed E-state index contributed by atoms with van der Waals surface area (Å²) in [5, 5.41) is 5.14.